The third-order valence-electron chi connectivity index (χ3n) is 6.73. The summed E-state index contributed by atoms with van der Waals surface area (Å²) in [4.78, 5) is 20.3. The summed E-state index contributed by atoms with van der Waals surface area (Å²) >= 11 is 0.894. The van der Waals surface area contributed by atoms with Gasteiger partial charge in [-0.1, -0.05) is 12.1 Å². The van der Waals surface area contributed by atoms with Crippen LogP contribution in [0, 0.1) is 0 Å². The molecule has 38 heavy (non-hydrogen) atoms. The fraction of sp³-hybridized carbons (Fsp3) is 0.360. The molecule has 1 amide bonds. The SMILES string of the molecule is NCCc1cccc(C(=O)N2CCc3cc(S(=O)(=O)N4CCN(c5nc(C(F)(F)F)cs5)CC4)ccc32)c1. The van der Waals surface area contributed by atoms with Crippen molar-refractivity contribution in [3.05, 3.63) is 70.2 Å². The molecule has 0 atom stereocenters. The molecule has 0 spiro atoms. The zero-order valence-electron chi connectivity index (χ0n) is 20.3. The number of nitrogens with two attached hydrogens (primary N) is 1. The molecule has 0 aliphatic carbocycles. The van der Waals surface area contributed by atoms with E-state index in [4.69, 9.17) is 5.73 Å². The molecule has 2 aromatic carbocycles. The maximum absolute atomic E-state index is 13.4. The van der Waals surface area contributed by atoms with E-state index in [1.165, 1.54) is 10.4 Å². The van der Waals surface area contributed by atoms with Crippen LogP contribution in [0.5, 0.6) is 0 Å². The summed E-state index contributed by atoms with van der Waals surface area (Å²) in [5.41, 5.74) is 7.69. The van der Waals surface area contributed by atoms with Crippen molar-refractivity contribution in [2.45, 2.75) is 23.9 Å². The van der Waals surface area contributed by atoms with E-state index >= 15 is 0 Å². The lowest BCUT2D eigenvalue weighted by atomic mass is 10.1. The first kappa shape index (κ1) is 26.6. The number of halogens is 3. The minimum Gasteiger partial charge on any atom is -0.345 e. The van der Waals surface area contributed by atoms with Gasteiger partial charge in [0.15, 0.2) is 10.8 Å². The Morgan fingerprint density at radius 3 is 2.50 bits per heavy atom. The molecular weight excluding hydrogens is 539 g/mol. The molecule has 2 aliphatic heterocycles. The van der Waals surface area contributed by atoms with E-state index in [1.54, 1.807) is 28.0 Å². The second-order valence-corrected chi connectivity index (χ2v) is 11.9. The quantitative estimate of drug-likeness (QED) is 0.492. The highest BCUT2D eigenvalue weighted by Crippen LogP contribution is 2.35. The summed E-state index contributed by atoms with van der Waals surface area (Å²) in [6, 6.07) is 12.1. The Hall–Kier alpha value is -3.00. The predicted molar refractivity (Wildman–Crippen MR) is 139 cm³/mol. The molecule has 5 rings (SSSR count). The summed E-state index contributed by atoms with van der Waals surface area (Å²) in [6.45, 7) is 1.67. The first-order chi connectivity index (χ1) is 18.1. The van der Waals surface area contributed by atoms with Crippen LogP contribution in [0.2, 0.25) is 0 Å². The summed E-state index contributed by atoms with van der Waals surface area (Å²) in [5.74, 6) is -0.148. The van der Waals surface area contributed by atoms with Gasteiger partial charge >= 0.3 is 6.18 Å². The van der Waals surface area contributed by atoms with Gasteiger partial charge in [-0.25, -0.2) is 13.4 Å². The number of carbonyl (C=O) groups is 1. The van der Waals surface area contributed by atoms with Crippen molar-refractivity contribution >= 4 is 38.1 Å². The van der Waals surface area contributed by atoms with Crippen LogP contribution in [-0.4, -0.2) is 62.9 Å². The fourth-order valence-corrected chi connectivity index (χ4v) is 7.10. The summed E-state index contributed by atoms with van der Waals surface area (Å²) in [6.07, 6.45) is -3.31. The molecule has 1 aromatic heterocycles. The maximum Gasteiger partial charge on any atom is 0.434 e. The average Bonchev–Trinajstić information content (AvgIpc) is 3.56. The summed E-state index contributed by atoms with van der Waals surface area (Å²) in [5, 5.41) is 1.19. The van der Waals surface area contributed by atoms with Gasteiger partial charge in [0.05, 0.1) is 4.90 Å². The van der Waals surface area contributed by atoms with Gasteiger partial charge in [-0.05, 0) is 60.8 Å². The molecule has 3 heterocycles. The first-order valence-electron chi connectivity index (χ1n) is 12.1. The molecule has 0 radical (unpaired) electrons. The summed E-state index contributed by atoms with van der Waals surface area (Å²) in [7, 11) is -3.81. The molecule has 0 unspecified atom stereocenters. The van der Waals surface area contributed by atoms with Crippen LogP contribution in [0.4, 0.5) is 24.0 Å². The van der Waals surface area contributed by atoms with Crippen molar-refractivity contribution < 1.29 is 26.4 Å². The van der Waals surface area contributed by atoms with Crippen LogP contribution in [0.15, 0.2) is 52.7 Å². The Morgan fingerprint density at radius 2 is 1.82 bits per heavy atom. The van der Waals surface area contributed by atoms with E-state index < -0.39 is 21.9 Å². The number of hydrogen-bond donors (Lipinski definition) is 1. The number of sulfonamides is 1. The Balaban J connectivity index is 1.28. The number of alkyl halides is 3. The Morgan fingerprint density at radius 1 is 1.05 bits per heavy atom. The second-order valence-electron chi connectivity index (χ2n) is 9.14. The lowest BCUT2D eigenvalue weighted by molar-refractivity contribution is -0.140. The van der Waals surface area contributed by atoms with Crippen LogP contribution >= 0.6 is 11.3 Å². The van der Waals surface area contributed by atoms with Gasteiger partial charge < -0.3 is 15.5 Å². The highest BCUT2D eigenvalue weighted by atomic mass is 32.2. The molecule has 202 valence electrons. The average molecular weight is 566 g/mol. The minimum absolute atomic E-state index is 0.129. The number of piperazine rings is 1. The van der Waals surface area contributed by atoms with Crippen molar-refractivity contribution in [2.75, 3.05) is 49.1 Å². The van der Waals surface area contributed by atoms with Crippen molar-refractivity contribution in [1.82, 2.24) is 9.29 Å². The number of rotatable bonds is 6. The second kappa shape index (κ2) is 10.3. The molecular formula is C25H26F3N5O3S2. The minimum atomic E-state index is -4.51. The van der Waals surface area contributed by atoms with Crippen LogP contribution in [0.1, 0.15) is 27.2 Å². The largest absolute Gasteiger partial charge is 0.434 e. The van der Waals surface area contributed by atoms with Gasteiger partial charge in [0, 0.05) is 49.4 Å². The molecule has 2 aliphatic rings. The Bertz CT molecular complexity index is 1450. The third-order valence-corrected chi connectivity index (χ3v) is 9.52. The molecule has 1 saturated heterocycles. The number of hydrogen-bond acceptors (Lipinski definition) is 7. The van der Waals surface area contributed by atoms with Gasteiger partial charge in [-0.15, -0.1) is 11.3 Å². The maximum atomic E-state index is 13.4. The van der Waals surface area contributed by atoms with Gasteiger partial charge in [-0.2, -0.15) is 17.5 Å². The van der Waals surface area contributed by atoms with Crippen molar-refractivity contribution in [3.63, 3.8) is 0 Å². The molecule has 1 fully saturated rings. The number of fused-ring (bicyclic) bond motifs is 1. The van der Waals surface area contributed by atoms with Crippen molar-refractivity contribution in [2.24, 2.45) is 5.73 Å². The van der Waals surface area contributed by atoms with Gasteiger partial charge in [-0.3, -0.25) is 4.79 Å². The highest BCUT2D eigenvalue weighted by molar-refractivity contribution is 7.89. The van der Waals surface area contributed by atoms with E-state index in [0.29, 0.717) is 37.2 Å². The van der Waals surface area contributed by atoms with Crippen LogP contribution < -0.4 is 15.5 Å². The fourth-order valence-electron chi connectivity index (χ4n) is 4.74. The number of thiazole rings is 1. The van der Waals surface area contributed by atoms with Crippen LogP contribution in [0.3, 0.4) is 0 Å². The predicted octanol–water partition coefficient (Wildman–Crippen LogP) is 3.38. The normalized spacial score (nSPS) is 16.6. The van der Waals surface area contributed by atoms with Crippen LogP contribution in [-0.2, 0) is 29.0 Å². The number of nitrogens with zero attached hydrogens (tertiary/aromatic N) is 4. The van der Waals surface area contributed by atoms with E-state index in [-0.39, 0.29) is 42.1 Å². The molecule has 0 saturated carbocycles. The molecule has 0 bridgehead atoms. The standard InChI is InChI=1S/C25H26F3N5O3S2/c26-25(27,28)22-16-37-24(30-22)31-10-12-32(13-11-31)38(35,36)20-4-5-21-18(15-20)7-9-33(21)23(34)19-3-1-2-17(14-19)6-8-29/h1-5,14-16H,6-13,29H2. The Kier molecular flexibility index (Phi) is 7.20. The van der Waals surface area contributed by atoms with E-state index in [9.17, 15) is 26.4 Å². The molecule has 3 aromatic rings. The van der Waals surface area contributed by atoms with Crippen LogP contribution in [0.25, 0.3) is 0 Å². The first-order valence-corrected chi connectivity index (χ1v) is 14.4. The van der Waals surface area contributed by atoms with Gasteiger partial charge in [0.2, 0.25) is 10.0 Å². The van der Waals surface area contributed by atoms with Crippen molar-refractivity contribution in [1.29, 1.82) is 0 Å². The van der Waals surface area contributed by atoms with Gasteiger partial charge in [0.1, 0.15) is 0 Å². The van der Waals surface area contributed by atoms with E-state index in [0.717, 1.165) is 27.8 Å². The number of amides is 1. The number of carbonyl (C=O) groups excluding carboxylic acids is 1. The Labute approximate surface area is 222 Å². The molecule has 2 N–H and O–H groups in total. The highest BCUT2D eigenvalue weighted by Gasteiger charge is 2.36. The number of aromatic nitrogens is 1. The monoisotopic (exact) mass is 565 g/mol. The zero-order valence-corrected chi connectivity index (χ0v) is 21.9. The smallest absolute Gasteiger partial charge is 0.345 e. The lowest BCUT2D eigenvalue weighted by Gasteiger charge is -2.33. The molecule has 13 heteroatoms. The lowest BCUT2D eigenvalue weighted by Crippen LogP contribution is -2.48. The number of benzene rings is 2. The molecule has 8 nitrogen and oxygen atoms in total. The number of anilines is 2. The summed E-state index contributed by atoms with van der Waals surface area (Å²) < 4.78 is 66.7. The zero-order chi connectivity index (χ0) is 27.1. The van der Waals surface area contributed by atoms with E-state index in [1.807, 2.05) is 18.2 Å². The third kappa shape index (κ3) is 5.15. The topological polar surface area (TPSA) is 99.8 Å². The van der Waals surface area contributed by atoms with Crippen molar-refractivity contribution in [3.8, 4) is 0 Å². The van der Waals surface area contributed by atoms with Gasteiger partial charge in [0.25, 0.3) is 5.91 Å². The van der Waals surface area contributed by atoms with E-state index in [2.05, 4.69) is 4.98 Å².